The molecule has 10 heteroatoms. The summed E-state index contributed by atoms with van der Waals surface area (Å²) in [7, 11) is 1.60. The summed E-state index contributed by atoms with van der Waals surface area (Å²) >= 11 is 3.57. The van der Waals surface area contributed by atoms with Crippen LogP contribution in [0.4, 0.5) is 5.69 Å². The van der Waals surface area contributed by atoms with Gasteiger partial charge < -0.3 is 19.5 Å². The molecule has 2 atom stereocenters. The van der Waals surface area contributed by atoms with Crippen molar-refractivity contribution in [1.29, 1.82) is 0 Å². The molecule has 2 aliphatic rings. The Hall–Kier alpha value is -3.05. The van der Waals surface area contributed by atoms with Gasteiger partial charge >= 0.3 is 0 Å². The highest BCUT2D eigenvalue weighted by molar-refractivity contribution is 8.00. The standard InChI is InChI=1S/C31H36N2O6S2/c1-36-24-10-12-25(13-11-24)38-21-29(35)32-23-8-6-7-22(19-23)26-14-15-27(41-26)31(16-3-5-18-40-31)20-28(34)33-39-30-9-2-4-17-37-30/h6-8,10-15,19,30H,2-5,9,16-18,20-21H2,1H3,(H,32,35)(H,33,34)/t30?,31-/m0/s1. The van der Waals surface area contributed by atoms with Gasteiger partial charge in [-0.05, 0) is 85.5 Å². The number of carbonyl (C=O) groups is 2. The van der Waals surface area contributed by atoms with Gasteiger partial charge in [-0.25, -0.2) is 10.3 Å². The van der Waals surface area contributed by atoms with Crippen LogP contribution in [0.15, 0.2) is 60.7 Å². The van der Waals surface area contributed by atoms with Crippen LogP contribution in [0.5, 0.6) is 11.5 Å². The van der Waals surface area contributed by atoms with Crippen molar-refractivity contribution in [1.82, 2.24) is 5.48 Å². The van der Waals surface area contributed by atoms with Crippen molar-refractivity contribution in [3.8, 4) is 21.9 Å². The molecule has 2 saturated heterocycles. The molecule has 2 aromatic carbocycles. The molecule has 1 unspecified atom stereocenters. The SMILES string of the molecule is COc1ccc(OCC(=O)Nc2cccc(-c3ccc([C@@]4(CC(=O)NOC5CCCCO5)CCCCS4)s3)c2)cc1. The van der Waals surface area contributed by atoms with Crippen molar-refractivity contribution >= 4 is 40.6 Å². The van der Waals surface area contributed by atoms with Gasteiger partial charge in [0.25, 0.3) is 5.91 Å². The van der Waals surface area contributed by atoms with Gasteiger partial charge in [0.1, 0.15) is 11.5 Å². The zero-order chi connectivity index (χ0) is 28.5. The topological polar surface area (TPSA) is 95.1 Å². The van der Waals surface area contributed by atoms with E-state index in [2.05, 4.69) is 22.9 Å². The first-order valence-corrected chi connectivity index (χ1v) is 15.8. The second kappa shape index (κ2) is 14.2. The van der Waals surface area contributed by atoms with Crippen LogP contribution in [0.1, 0.15) is 49.8 Å². The molecule has 0 saturated carbocycles. The number of hydrogen-bond donors (Lipinski definition) is 2. The molecule has 2 amide bonds. The van der Waals surface area contributed by atoms with Crippen LogP contribution in [0, 0.1) is 0 Å². The number of anilines is 1. The van der Waals surface area contributed by atoms with Crippen LogP contribution in [0.25, 0.3) is 10.4 Å². The minimum Gasteiger partial charge on any atom is -0.497 e. The third-order valence-electron chi connectivity index (χ3n) is 7.16. The summed E-state index contributed by atoms with van der Waals surface area (Å²) in [5.41, 5.74) is 4.36. The molecule has 5 rings (SSSR count). The number of methoxy groups -OCH3 is 1. The molecule has 0 aliphatic carbocycles. The Morgan fingerprint density at radius 3 is 2.61 bits per heavy atom. The van der Waals surface area contributed by atoms with Crippen molar-refractivity contribution in [2.75, 3.05) is 31.4 Å². The molecule has 0 spiro atoms. The monoisotopic (exact) mass is 596 g/mol. The van der Waals surface area contributed by atoms with Crippen molar-refractivity contribution in [2.45, 2.75) is 56.0 Å². The van der Waals surface area contributed by atoms with Crippen molar-refractivity contribution in [3.63, 3.8) is 0 Å². The minimum atomic E-state index is -0.363. The van der Waals surface area contributed by atoms with Crippen molar-refractivity contribution < 1.29 is 28.6 Å². The molecule has 2 N–H and O–H groups in total. The zero-order valence-electron chi connectivity index (χ0n) is 23.2. The molecule has 8 nitrogen and oxygen atoms in total. The number of thioether (sulfide) groups is 1. The Morgan fingerprint density at radius 2 is 1.85 bits per heavy atom. The lowest BCUT2D eigenvalue weighted by Crippen LogP contribution is -2.37. The molecule has 2 aliphatic heterocycles. The Labute approximate surface area is 249 Å². The summed E-state index contributed by atoms with van der Waals surface area (Å²) in [5, 5.41) is 2.92. The normalized spacial score (nSPS) is 20.7. The fourth-order valence-corrected chi connectivity index (χ4v) is 7.90. The summed E-state index contributed by atoms with van der Waals surface area (Å²) in [6, 6.07) is 19.1. The highest BCUT2D eigenvalue weighted by Gasteiger charge is 2.38. The van der Waals surface area contributed by atoms with Gasteiger partial charge in [0, 0.05) is 34.9 Å². The third kappa shape index (κ3) is 8.03. The van der Waals surface area contributed by atoms with Crippen molar-refractivity contribution in [3.05, 3.63) is 65.5 Å². The number of carbonyl (C=O) groups excluding carboxylic acids is 2. The first kappa shape index (κ1) is 29.4. The molecule has 0 radical (unpaired) electrons. The lowest BCUT2D eigenvalue weighted by atomic mass is 9.94. The molecule has 1 aromatic heterocycles. The van der Waals surface area contributed by atoms with Gasteiger partial charge in [-0.15, -0.1) is 23.1 Å². The summed E-state index contributed by atoms with van der Waals surface area (Å²) in [4.78, 5) is 33.4. The minimum absolute atomic E-state index is 0.0991. The van der Waals surface area contributed by atoms with Crippen LogP contribution in [-0.4, -0.2) is 44.2 Å². The Bertz CT molecular complexity index is 1300. The number of rotatable bonds is 11. The lowest BCUT2D eigenvalue weighted by molar-refractivity contribution is -0.200. The highest BCUT2D eigenvalue weighted by Crippen LogP contribution is 2.51. The third-order valence-corrected chi connectivity index (χ3v) is 10.2. The zero-order valence-corrected chi connectivity index (χ0v) is 24.8. The van der Waals surface area contributed by atoms with E-state index in [4.69, 9.17) is 19.0 Å². The van der Waals surface area contributed by atoms with Crippen LogP contribution < -0.4 is 20.3 Å². The number of amides is 2. The molecule has 3 heterocycles. The van der Waals surface area contributed by atoms with E-state index in [0.29, 0.717) is 24.5 Å². The maximum absolute atomic E-state index is 13.0. The van der Waals surface area contributed by atoms with Crippen LogP contribution in [0.3, 0.4) is 0 Å². The molecule has 3 aromatic rings. The average molecular weight is 597 g/mol. The number of benzene rings is 2. The van der Waals surface area contributed by atoms with Gasteiger partial charge in [0.2, 0.25) is 5.91 Å². The molecular formula is C31H36N2O6S2. The number of ether oxygens (including phenoxy) is 3. The van der Waals surface area contributed by atoms with E-state index in [1.54, 1.807) is 42.7 Å². The van der Waals surface area contributed by atoms with Crippen LogP contribution in [0.2, 0.25) is 0 Å². The lowest BCUT2D eigenvalue weighted by Gasteiger charge is -2.35. The van der Waals surface area contributed by atoms with Gasteiger partial charge in [0.05, 0.1) is 11.9 Å². The van der Waals surface area contributed by atoms with Gasteiger partial charge in [-0.2, -0.15) is 0 Å². The maximum atomic E-state index is 13.0. The van der Waals surface area contributed by atoms with E-state index in [0.717, 1.165) is 60.5 Å². The molecule has 0 bridgehead atoms. The molecular weight excluding hydrogens is 560 g/mol. The smallest absolute Gasteiger partial charge is 0.262 e. The van der Waals surface area contributed by atoms with E-state index < -0.39 is 0 Å². The van der Waals surface area contributed by atoms with E-state index in [1.165, 1.54) is 4.88 Å². The second-order valence-electron chi connectivity index (χ2n) is 10.2. The molecule has 2 fully saturated rings. The fraction of sp³-hybridized carbons (Fsp3) is 0.419. The van der Waals surface area contributed by atoms with Crippen molar-refractivity contribution in [2.24, 2.45) is 0 Å². The Balaban J connectivity index is 1.21. The molecule has 218 valence electrons. The highest BCUT2D eigenvalue weighted by atomic mass is 32.2. The summed E-state index contributed by atoms with van der Waals surface area (Å²) in [6.07, 6.45) is 6.04. The Morgan fingerprint density at radius 1 is 1.00 bits per heavy atom. The quantitative estimate of drug-likeness (QED) is 0.244. The number of nitrogens with one attached hydrogen (secondary N) is 2. The van der Waals surface area contributed by atoms with E-state index in [1.807, 2.05) is 36.0 Å². The van der Waals surface area contributed by atoms with Crippen LogP contribution in [-0.2, 0) is 23.9 Å². The maximum Gasteiger partial charge on any atom is 0.262 e. The Kier molecular flexibility index (Phi) is 10.2. The predicted molar refractivity (Wildman–Crippen MR) is 162 cm³/mol. The first-order chi connectivity index (χ1) is 20.0. The van der Waals surface area contributed by atoms with Crippen LogP contribution >= 0.6 is 23.1 Å². The second-order valence-corrected chi connectivity index (χ2v) is 12.7. The largest absolute Gasteiger partial charge is 0.497 e. The summed E-state index contributed by atoms with van der Waals surface area (Å²) in [6.45, 7) is 0.568. The van der Waals surface area contributed by atoms with E-state index in [9.17, 15) is 9.59 Å². The summed E-state index contributed by atoms with van der Waals surface area (Å²) in [5.74, 6) is 1.98. The summed E-state index contributed by atoms with van der Waals surface area (Å²) < 4.78 is 16.0. The van der Waals surface area contributed by atoms with E-state index >= 15 is 0 Å². The van der Waals surface area contributed by atoms with Gasteiger partial charge in [-0.3, -0.25) is 9.59 Å². The number of hydroxylamine groups is 1. The van der Waals surface area contributed by atoms with Gasteiger partial charge in [0.15, 0.2) is 12.9 Å². The fourth-order valence-electron chi connectivity index (χ4n) is 5.01. The predicted octanol–water partition coefficient (Wildman–Crippen LogP) is 6.52. The number of hydrogen-bond acceptors (Lipinski definition) is 8. The number of thiophene rings is 1. The van der Waals surface area contributed by atoms with E-state index in [-0.39, 0.29) is 29.5 Å². The average Bonchev–Trinajstić information content (AvgIpc) is 3.52. The molecule has 41 heavy (non-hydrogen) atoms. The first-order valence-electron chi connectivity index (χ1n) is 14.0. The van der Waals surface area contributed by atoms with Gasteiger partial charge in [-0.1, -0.05) is 18.6 Å².